The van der Waals surface area contributed by atoms with Crippen molar-refractivity contribution in [2.45, 2.75) is 13.8 Å². The summed E-state index contributed by atoms with van der Waals surface area (Å²) in [5.41, 5.74) is 3.65. The molecule has 1 aromatic heterocycles. The molecule has 68 valence electrons. The molecule has 0 radical (unpaired) electrons. The molecule has 0 fully saturated rings. The fraction of sp³-hybridized carbons (Fsp3) is 0.273. The fourth-order valence-corrected chi connectivity index (χ4v) is 1.68. The van der Waals surface area contributed by atoms with Crippen LogP contribution in [0.4, 0.5) is 5.69 Å². The Kier molecular flexibility index (Phi) is 1.97. The van der Waals surface area contributed by atoms with Crippen molar-refractivity contribution in [2.75, 3.05) is 11.9 Å². The lowest BCUT2D eigenvalue weighted by Gasteiger charge is -2.01. The summed E-state index contributed by atoms with van der Waals surface area (Å²) < 4.78 is 0. The maximum atomic E-state index is 3.37. The highest BCUT2D eigenvalue weighted by atomic mass is 14.9. The van der Waals surface area contributed by atoms with E-state index in [0.717, 1.165) is 6.54 Å². The molecule has 2 aromatic rings. The van der Waals surface area contributed by atoms with Crippen molar-refractivity contribution in [1.29, 1.82) is 0 Å². The van der Waals surface area contributed by atoms with Gasteiger partial charge in [0, 0.05) is 23.1 Å². The molecule has 2 N–H and O–H groups in total. The third-order valence-electron chi connectivity index (χ3n) is 2.25. The molecule has 0 saturated carbocycles. The normalized spacial score (nSPS) is 10.6. The average Bonchev–Trinajstić information content (AvgIpc) is 2.44. The van der Waals surface area contributed by atoms with Gasteiger partial charge < -0.3 is 10.3 Å². The number of para-hydroxylation sites is 1. The minimum Gasteiger partial charge on any atom is -0.383 e. The number of aromatic nitrogens is 1. The Hall–Kier alpha value is -1.44. The number of rotatable bonds is 2. The number of hydrogen-bond acceptors (Lipinski definition) is 1. The summed E-state index contributed by atoms with van der Waals surface area (Å²) in [7, 11) is 0. The van der Waals surface area contributed by atoms with Crippen molar-refractivity contribution in [3.63, 3.8) is 0 Å². The van der Waals surface area contributed by atoms with Crippen LogP contribution in [0, 0.1) is 6.92 Å². The minimum atomic E-state index is 0.961. The summed E-state index contributed by atoms with van der Waals surface area (Å²) in [4.78, 5) is 3.35. The van der Waals surface area contributed by atoms with Crippen LogP contribution in [0.25, 0.3) is 10.9 Å². The predicted molar refractivity (Wildman–Crippen MR) is 57.2 cm³/mol. The van der Waals surface area contributed by atoms with Gasteiger partial charge in [0.25, 0.3) is 0 Å². The van der Waals surface area contributed by atoms with Crippen molar-refractivity contribution in [2.24, 2.45) is 0 Å². The molecule has 13 heavy (non-hydrogen) atoms. The summed E-state index contributed by atoms with van der Waals surface area (Å²) in [5, 5.41) is 4.65. The van der Waals surface area contributed by atoms with Crippen molar-refractivity contribution in [1.82, 2.24) is 4.98 Å². The van der Waals surface area contributed by atoms with Crippen LogP contribution < -0.4 is 5.32 Å². The first-order valence-electron chi connectivity index (χ1n) is 4.64. The number of fused-ring (bicyclic) bond motifs is 1. The van der Waals surface area contributed by atoms with Crippen LogP contribution in [-0.4, -0.2) is 11.5 Å². The van der Waals surface area contributed by atoms with E-state index in [9.17, 15) is 0 Å². The summed E-state index contributed by atoms with van der Waals surface area (Å²) in [6.45, 7) is 5.17. The lowest BCUT2D eigenvalue weighted by Crippen LogP contribution is -1.96. The molecule has 0 aliphatic heterocycles. The third kappa shape index (κ3) is 1.28. The van der Waals surface area contributed by atoms with Gasteiger partial charge in [-0.15, -0.1) is 0 Å². The van der Waals surface area contributed by atoms with Crippen LogP contribution in [0.5, 0.6) is 0 Å². The van der Waals surface area contributed by atoms with Gasteiger partial charge in [-0.2, -0.15) is 0 Å². The molecule has 2 heteroatoms. The van der Waals surface area contributed by atoms with Crippen molar-refractivity contribution in [3.8, 4) is 0 Å². The molecule has 2 rings (SSSR count). The SMILES string of the molecule is CCNc1c(C)[nH]c2ccccc12. The molecule has 0 bridgehead atoms. The second-order valence-electron chi connectivity index (χ2n) is 3.20. The summed E-state index contributed by atoms with van der Waals surface area (Å²) in [6.07, 6.45) is 0. The first-order chi connectivity index (χ1) is 6.33. The average molecular weight is 174 g/mol. The highest BCUT2D eigenvalue weighted by Crippen LogP contribution is 2.26. The highest BCUT2D eigenvalue weighted by molar-refractivity contribution is 5.94. The molecular formula is C11H14N2. The topological polar surface area (TPSA) is 27.8 Å². The molecule has 0 atom stereocenters. The molecule has 1 aromatic carbocycles. The number of H-pyrrole nitrogens is 1. The zero-order valence-corrected chi connectivity index (χ0v) is 8.02. The monoisotopic (exact) mass is 174 g/mol. The fourth-order valence-electron chi connectivity index (χ4n) is 1.68. The van der Waals surface area contributed by atoms with Gasteiger partial charge in [-0.1, -0.05) is 18.2 Å². The van der Waals surface area contributed by atoms with E-state index in [-0.39, 0.29) is 0 Å². The molecule has 0 amide bonds. The lowest BCUT2D eigenvalue weighted by molar-refractivity contribution is 1.19. The van der Waals surface area contributed by atoms with Gasteiger partial charge in [0.2, 0.25) is 0 Å². The number of benzene rings is 1. The van der Waals surface area contributed by atoms with Gasteiger partial charge >= 0.3 is 0 Å². The second-order valence-corrected chi connectivity index (χ2v) is 3.20. The van der Waals surface area contributed by atoms with E-state index in [0.29, 0.717) is 0 Å². The maximum Gasteiger partial charge on any atom is 0.0628 e. The number of aryl methyl sites for hydroxylation is 1. The van der Waals surface area contributed by atoms with E-state index in [1.807, 2.05) is 6.07 Å². The summed E-state index contributed by atoms with van der Waals surface area (Å²) in [6, 6.07) is 8.35. The van der Waals surface area contributed by atoms with Gasteiger partial charge in [-0.25, -0.2) is 0 Å². The van der Waals surface area contributed by atoms with Crippen molar-refractivity contribution < 1.29 is 0 Å². The smallest absolute Gasteiger partial charge is 0.0628 e. The minimum absolute atomic E-state index is 0.961. The Balaban J connectivity index is 2.64. The van der Waals surface area contributed by atoms with Crippen molar-refractivity contribution in [3.05, 3.63) is 30.0 Å². The molecule has 0 saturated heterocycles. The van der Waals surface area contributed by atoms with Crippen molar-refractivity contribution >= 4 is 16.6 Å². The van der Waals surface area contributed by atoms with E-state index in [2.05, 4.69) is 42.3 Å². The Morgan fingerprint density at radius 2 is 2.08 bits per heavy atom. The van der Waals surface area contributed by atoms with Gasteiger partial charge in [-0.05, 0) is 19.9 Å². The Labute approximate surface area is 78.0 Å². The van der Waals surface area contributed by atoms with Gasteiger partial charge in [0.15, 0.2) is 0 Å². The highest BCUT2D eigenvalue weighted by Gasteiger charge is 2.04. The second kappa shape index (κ2) is 3.13. The number of hydrogen-bond donors (Lipinski definition) is 2. The molecule has 0 aliphatic rings. The quantitative estimate of drug-likeness (QED) is 0.719. The van der Waals surface area contributed by atoms with Crippen LogP contribution in [-0.2, 0) is 0 Å². The van der Waals surface area contributed by atoms with Crippen LogP contribution in [0.3, 0.4) is 0 Å². The van der Waals surface area contributed by atoms with Crippen LogP contribution in [0.1, 0.15) is 12.6 Å². The van der Waals surface area contributed by atoms with Gasteiger partial charge in [-0.3, -0.25) is 0 Å². The molecule has 0 spiro atoms. The molecule has 0 unspecified atom stereocenters. The van der Waals surface area contributed by atoms with Gasteiger partial charge in [0.05, 0.1) is 5.69 Å². The van der Waals surface area contributed by atoms with Crippen LogP contribution in [0.15, 0.2) is 24.3 Å². The number of anilines is 1. The predicted octanol–water partition coefficient (Wildman–Crippen LogP) is 2.91. The molecule has 1 heterocycles. The maximum absolute atomic E-state index is 3.37. The third-order valence-corrected chi connectivity index (χ3v) is 2.25. The zero-order chi connectivity index (χ0) is 9.26. The largest absolute Gasteiger partial charge is 0.383 e. The van der Waals surface area contributed by atoms with Crippen LogP contribution in [0.2, 0.25) is 0 Å². The van der Waals surface area contributed by atoms with E-state index < -0.39 is 0 Å². The molecule has 0 aliphatic carbocycles. The van der Waals surface area contributed by atoms with E-state index in [1.54, 1.807) is 0 Å². The number of nitrogens with one attached hydrogen (secondary N) is 2. The molecular weight excluding hydrogens is 160 g/mol. The summed E-state index contributed by atoms with van der Waals surface area (Å²) in [5.74, 6) is 0. The van der Waals surface area contributed by atoms with E-state index >= 15 is 0 Å². The molecule has 2 nitrogen and oxygen atoms in total. The summed E-state index contributed by atoms with van der Waals surface area (Å²) >= 11 is 0. The van der Waals surface area contributed by atoms with Crippen LogP contribution >= 0.6 is 0 Å². The van der Waals surface area contributed by atoms with Gasteiger partial charge in [0.1, 0.15) is 0 Å². The first-order valence-corrected chi connectivity index (χ1v) is 4.64. The number of aromatic amines is 1. The Morgan fingerprint density at radius 3 is 2.85 bits per heavy atom. The van der Waals surface area contributed by atoms with E-state index in [1.165, 1.54) is 22.3 Å². The zero-order valence-electron chi connectivity index (χ0n) is 8.02. The Morgan fingerprint density at radius 1 is 1.31 bits per heavy atom. The Bertz CT molecular complexity index is 415. The lowest BCUT2D eigenvalue weighted by atomic mass is 10.2. The van der Waals surface area contributed by atoms with E-state index in [4.69, 9.17) is 0 Å². The standard InChI is InChI=1S/C11H14N2/c1-3-12-11-8(2)13-10-7-5-4-6-9(10)11/h4-7,12-13H,3H2,1-2H3. The first kappa shape index (κ1) is 8.17.